The lowest BCUT2D eigenvalue weighted by atomic mass is 9.99. The van der Waals surface area contributed by atoms with E-state index in [1.165, 1.54) is 12.1 Å². The van der Waals surface area contributed by atoms with Crippen molar-refractivity contribution < 1.29 is 22.8 Å². The van der Waals surface area contributed by atoms with Crippen LogP contribution in [-0.4, -0.2) is 18.4 Å². The number of carbonyl (C=O) groups excluding carboxylic acids is 2. The number of rotatable bonds is 4. The molecule has 0 atom stereocenters. The van der Waals surface area contributed by atoms with E-state index in [1.807, 2.05) is 16.8 Å². The largest absolute Gasteiger partial charge is 0.416 e. The van der Waals surface area contributed by atoms with Gasteiger partial charge in [-0.3, -0.25) is 9.59 Å². The maximum atomic E-state index is 12.7. The minimum absolute atomic E-state index is 0.0751. The summed E-state index contributed by atoms with van der Waals surface area (Å²) in [5.41, 5.74) is 0.0525. The van der Waals surface area contributed by atoms with Crippen molar-refractivity contribution in [1.29, 1.82) is 0 Å². The van der Waals surface area contributed by atoms with Crippen LogP contribution >= 0.6 is 11.3 Å². The average molecular weight is 368 g/mol. The van der Waals surface area contributed by atoms with Crippen LogP contribution in [0.2, 0.25) is 0 Å². The van der Waals surface area contributed by atoms with Crippen molar-refractivity contribution in [3.8, 4) is 0 Å². The third kappa shape index (κ3) is 4.01. The number of halogens is 3. The second-order valence-electron chi connectivity index (χ2n) is 6.01. The Morgan fingerprint density at radius 3 is 2.52 bits per heavy atom. The first-order chi connectivity index (χ1) is 11.8. The van der Waals surface area contributed by atoms with Gasteiger partial charge in [0.15, 0.2) is 0 Å². The molecule has 8 heteroatoms. The molecule has 132 valence electrons. The Morgan fingerprint density at radius 2 is 1.92 bits per heavy atom. The first-order valence-electron chi connectivity index (χ1n) is 7.59. The molecule has 3 rings (SSSR count). The van der Waals surface area contributed by atoms with E-state index >= 15 is 0 Å². The van der Waals surface area contributed by atoms with E-state index in [0.717, 1.165) is 30.5 Å². The van der Waals surface area contributed by atoms with E-state index in [9.17, 15) is 22.8 Å². The zero-order chi connectivity index (χ0) is 18.1. The van der Waals surface area contributed by atoms with E-state index in [-0.39, 0.29) is 11.1 Å². The minimum Gasteiger partial charge on any atom is -0.347 e. The number of hydrogen-bond donors (Lipinski definition) is 2. The van der Waals surface area contributed by atoms with Gasteiger partial charge in [-0.15, -0.1) is 0 Å². The zero-order valence-corrected chi connectivity index (χ0v) is 13.8. The number of anilines is 1. The number of alkyl halides is 3. The number of nitrogens with one attached hydrogen (secondary N) is 2. The molecule has 2 N–H and O–H groups in total. The summed E-state index contributed by atoms with van der Waals surface area (Å²) in [4.78, 5) is 23.8. The van der Waals surface area contributed by atoms with Crippen molar-refractivity contribution in [1.82, 2.24) is 5.32 Å². The fourth-order valence-corrected chi connectivity index (χ4v) is 3.35. The Balaban J connectivity index is 1.58. The van der Waals surface area contributed by atoms with Gasteiger partial charge in [0, 0.05) is 17.6 Å². The highest BCUT2D eigenvalue weighted by atomic mass is 32.1. The van der Waals surface area contributed by atoms with Gasteiger partial charge in [-0.1, -0.05) is 6.07 Å². The van der Waals surface area contributed by atoms with Gasteiger partial charge < -0.3 is 10.6 Å². The van der Waals surface area contributed by atoms with Gasteiger partial charge in [0.1, 0.15) is 0 Å². The van der Waals surface area contributed by atoms with Crippen molar-refractivity contribution in [3.05, 3.63) is 52.2 Å². The molecule has 0 bridgehead atoms. The summed E-state index contributed by atoms with van der Waals surface area (Å²) in [5, 5.41) is 8.74. The molecular formula is C17H15F3N2O2S. The van der Waals surface area contributed by atoms with Gasteiger partial charge in [0.2, 0.25) is 0 Å². The molecule has 0 spiro atoms. The van der Waals surface area contributed by atoms with Crippen molar-refractivity contribution in [2.24, 2.45) is 0 Å². The second-order valence-corrected chi connectivity index (χ2v) is 6.79. The smallest absolute Gasteiger partial charge is 0.347 e. The van der Waals surface area contributed by atoms with Crippen LogP contribution in [0.3, 0.4) is 0 Å². The molecule has 1 saturated carbocycles. The fraction of sp³-hybridized carbons (Fsp3) is 0.294. The highest BCUT2D eigenvalue weighted by Crippen LogP contribution is 2.48. The van der Waals surface area contributed by atoms with Crippen LogP contribution in [-0.2, 0) is 21.2 Å². The molecule has 1 fully saturated rings. The van der Waals surface area contributed by atoms with Crippen molar-refractivity contribution in [2.45, 2.75) is 24.4 Å². The Bertz CT molecular complexity index is 783. The van der Waals surface area contributed by atoms with Crippen LogP contribution in [0.5, 0.6) is 0 Å². The van der Waals surface area contributed by atoms with Gasteiger partial charge in [-0.05, 0) is 53.4 Å². The predicted octanol–water partition coefficient (Wildman–Crippen LogP) is 3.55. The van der Waals surface area contributed by atoms with E-state index in [2.05, 4.69) is 10.6 Å². The summed E-state index contributed by atoms with van der Waals surface area (Å²) in [7, 11) is 0. The summed E-state index contributed by atoms with van der Waals surface area (Å²) in [6.07, 6.45) is -2.65. The third-order valence-electron chi connectivity index (χ3n) is 4.23. The standard InChI is InChI=1S/C17H15F3N2O2S/c18-17(19,20)11-2-1-3-13(8-11)22-15(24)14(23)21-10-16(5-6-16)12-4-7-25-9-12/h1-4,7-9H,5-6,10H2,(H,21,23)(H,22,24). The topological polar surface area (TPSA) is 58.2 Å². The molecule has 25 heavy (non-hydrogen) atoms. The molecule has 0 saturated heterocycles. The lowest BCUT2D eigenvalue weighted by Gasteiger charge is -2.15. The van der Waals surface area contributed by atoms with Gasteiger partial charge in [0.05, 0.1) is 5.56 Å². The summed E-state index contributed by atoms with van der Waals surface area (Å²) in [6, 6.07) is 6.15. The normalized spacial score (nSPS) is 15.5. The number of carbonyl (C=O) groups is 2. The molecule has 0 aliphatic heterocycles. The van der Waals surface area contributed by atoms with E-state index in [4.69, 9.17) is 0 Å². The lowest BCUT2D eigenvalue weighted by Crippen LogP contribution is -2.39. The molecule has 1 aliphatic rings. The summed E-state index contributed by atoms with van der Waals surface area (Å²) >= 11 is 1.57. The minimum atomic E-state index is -4.51. The van der Waals surface area contributed by atoms with E-state index in [0.29, 0.717) is 6.54 Å². The van der Waals surface area contributed by atoms with Gasteiger partial charge >= 0.3 is 18.0 Å². The quantitative estimate of drug-likeness (QED) is 0.811. The van der Waals surface area contributed by atoms with Crippen LogP contribution < -0.4 is 10.6 Å². The van der Waals surface area contributed by atoms with E-state index < -0.39 is 23.6 Å². The molecule has 0 unspecified atom stereocenters. The molecule has 1 aromatic carbocycles. The van der Waals surface area contributed by atoms with Gasteiger partial charge in [-0.25, -0.2) is 0 Å². The fourth-order valence-electron chi connectivity index (χ4n) is 2.58. The number of benzene rings is 1. The molecule has 1 aliphatic carbocycles. The Kier molecular flexibility index (Phi) is 4.55. The number of amides is 2. The Hall–Kier alpha value is -2.35. The monoisotopic (exact) mass is 368 g/mol. The summed E-state index contributed by atoms with van der Waals surface area (Å²) in [6.45, 7) is 0.332. The maximum absolute atomic E-state index is 12.7. The Morgan fingerprint density at radius 1 is 1.16 bits per heavy atom. The highest BCUT2D eigenvalue weighted by molar-refractivity contribution is 7.08. The first-order valence-corrected chi connectivity index (χ1v) is 8.54. The summed E-state index contributed by atoms with van der Waals surface area (Å²) in [5.74, 6) is -1.85. The van der Waals surface area contributed by atoms with Gasteiger partial charge in [0.25, 0.3) is 0 Å². The third-order valence-corrected chi connectivity index (χ3v) is 4.91. The molecule has 1 aromatic heterocycles. The van der Waals surface area contributed by atoms with E-state index in [1.54, 1.807) is 11.3 Å². The number of hydrogen-bond acceptors (Lipinski definition) is 3. The Labute approximate surface area is 146 Å². The molecule has 2 aromatic rings. The predicted molar refractivity (Wildman–Crippen MR) is 88.3 cm³/mol. The van der Waals surface area contributed by atoms with Crippen LogP contribution in [0.25, 0.3) is 0 Å². The van der Waals surface area contributed by atoms with Crippen molar-refractivity contribution in [3.63, 3.8) is 0 Å². The first kappa shape index (κ1) is 17.5. The van der Waals surface area contributed by atoms with Crippen LogP contribution in [0.1, 0.15) is 24.0 Å². The number of thiophene rings is 1. The lowest BCUT2D eigenvalue weighted by molar-refractivity contribution is -0.137. The average Bonchev–Trinajstić information content (AvgIpc) is 3.14. The van der Waals surface area contributed by atoms with Crippen molar-refractivity contribution >= 4 is 28.8 Å². The highest BCUT2D eigenvalue weighted by Gasteiger charge is 2.44. The molecule has 4 nitrogen and oxygen atoms in total. The maximum Gasteiger partial charge on any atom is 0.416 e. The van der Waals surface area contributed by atoms with Gasteiger partial charge in [-0.2, -0.15) is 24.5 Å². The molecule has 2 amide bonds. The molecule has 1 heterocycles. The SMILES string of the molecule is O=C(NCC1(c2ccsc2)CC1)C(=O)Nc1cccc(C(F)(F)F)c1. The summed E-state index contributed by atoms with van der Waals surface area (Å²) < 4.78 is 38.0. The zero-order valence-electron chi connectivity index (χ0n) is 13.0. The van der Waals surface area contributed by atoms with Crippen LogP contribution in [0.15, 0.2) is 41.1 Å². The second kappa shape index (κ2) is 6.51. The molecule has 0 radical (unpaired) electrons. The van der Waals surface area contributed by atoms with Crippen LogP contribution in [0, 0.1) is 0 Å². The molecular weight excluding hydrogens is 353 g/mol. The van der Waals surface area contributed by atoms with Crippen molar-refractivity contribution in [2.75, 3.05) is 11.9 Å². The van der Waals surface area contributed by atoms with Crippen LogP contribution in [0.4, 0.5) is 18.9 Å².